The molecule has 0 aliphatic heterocycles. The van der Waals surface area contributed by atoms with Crippen molar-refractivity contribution in [1.82, 2.24) is 14.9 Å². The Hall–Kier alpha value is -1.08. The lowest BCUT2D eigenvalue weighted by Gasteiger charge is -2.27. The molecule has 102 valence electrons. The summed E-state index contributed by atoms with van der Waals surface area (Å²) >= 11 is 0. The van der Waals surface area contributed by atoms with E-state index in [1.165, 1.54) is 19.0 Å². The molecule has 1 aliphatic carbocycles. The van der Waals surface area contributed by atoms with Crippen LogP contribution in [-0.4, -0.2) is 25.2 Å². The monoisotopic (exact) mass is 272 g/mol. The van der Waals surface area contributed by atoms with Gasteiger partial charge in [0.05, 0.1) is 6.20 Å². The van der Waals surface area contributed by atoms with E-state index in [9.17, 15) is 8.42 Å². The molecule has 6 nitrogen and oxygen atoms in total. The molecular formula is C11H20N4O2S. The Bertz CT molecular complexity index is 503. The minimum atomic E-state index is -3.55. The van der Waals surface area contributed by atoms with Gasteiger partial charge in [-0.15, -0.1) is 0 Å². The lowest BCUT2D eigenvalue weighted by atomic mass is 9.84. The standard InChI is InChI=1S/C11H20N4O2S/c1-2-11(5-3-4-6-11)8-14-18(16,17)9-7-13-15-10(9)12/h7,14H,2-6,8H2,1H3,(H3,12,13,15). The summed E-state index contributed by atoms with van der Waals surface area (Å²) in [5, 5.41) is 6.07. The number of hydrogen-bond donors (Lipinski definition) is 3. The normalized spacial score (nSPS) is 19.2. The Balaban J connectivity index is 2.08. The predicted octanol–water partition coefficient (Wildman–Crippen LogP) is 1.24. The van der Waals surface area contributed by atoms with Crippen LogP contribution >= 0.6 is 0 Å². The topological polar surface area (TPSA) is 101 Å². The molecule has 1 fully saturated rings. The van der Waals surface area contributed by atoms with Gasteiger partial charge >= 0.3 is 0 Å². The van der Waals surface area contributed by atoms with Crippen LogP contribution in [0, 0.1) is 5.41 Å². The van der Waals surface area contributed by atoms with Gasteiger partial charge in [0, 0.05) is 6.54 Å². The molecule has 1 aromatic heterocycles. The van der Waals surface area contributed by atoms with Gasteiger partial charge in [-0.1, -0.05) is 19.8 Å². The summed E-state index contributed by atoms with van der Waals surface area (Å²) in [5.41, 5.74) is 5.66. The second-order valence-corrected chi connectivity index (χ2v) is 6.77. The zero-order valence-corrected chi connectivity index (χ0v) is 11.4. The van der Waals surface area contributed by atoms with Crippen molar-refractivity contribution >= 4 is 15.8 Å². The van der Waals surface area contributed by atoms with E-state index in [4.69, 9.17) is 5.73 Å². The van der Waals surface area contributed by atoms with E-state index in [-0.39, 0.29) is 16.1 Å². The van der Waals surface area contributed by atoms with Crippen LogP contribution in [0.5, 0.6) is 0 Å². The summed E-state index contributed by atoms with van der Waals surface area (Å²) in [6, 6.07) is 0. The molecule has 0 radical (unpaired) electrons. The maximum Gasteiger partial charge on any atom is 0.245 e. The third-order valence-corrected chi connectivity index (χ3v) is 5.40. The van der Waals surface area contributed by atoms with Crippen LogP contribution in [0.25, 0.3) is 0 Å². The van der Waals surface area contributed by atoms with E-state index in [1.54, 1.807) is 0 Å². The second kappa shape index (κ2) is 4.89. The fourth-order valence-corrected chi connectivity index (χ4v) is 3.78. The van der Waals surface area contributed by atoms with Gasteiger partial charge in [0.2, 0.25) is 10.0 Å². The zero-order valence-electron chi connectivity index (χ0n) is 10.6. The van der Waals surface area contributed by atoms with Gasteiger partial charge in [-0.2, -0.15) is 5.10 Å². The number of nitrogens with zero attached hydrogens (tertiary/aromatic N) is 1. The molecule has 1 aromatic rings. The van der Waals surface area contributed by atoms with E-state index >= 15 is 0 Å². The quantitative estimate of drug-likeness (QED) is 0.750. The van der Waals surface area contributed by atoms with Crippen molar-refractivity contribution in [2.45, 2.75) is 43.9 Å². The SMILES string of the molecule is CCC1(CNS(=O)(=O)c2cn[nH]c2N)CCCC1. The first-order valence-corrected chi connectivity index (χ1v) is 7.76. The number of hydrogen-bond acceptors (Lipinski definition) is 4. The average molecular weight is 272 g/mol. The van der Waals surface area contributed by atoms with Crippen molar-refractivity contribution in [2.75, 3.05) is 12.3 Å². The smallest absolute Gasteiger partial charge is 0.245 e. The Morgan fingerprint density at radius 1 is 1.50 bits per heavy atom. The van der Waals surface area contributed by atoms with E-state index in [0.29, 0.717) is 6.54 Å². The number of H-pyrrole nitrogens is 1. The number of sulfonamides is 1. The summed E-state index contributed by atoms with van der Waals surface area (Å²) in [7, 11) is -3.55. The fourth-order valence-electron chi connectivity index (χ4n) is 2.61. The molecule has 18 heavy (non-hydrogen) atoms. The molecule has 1 aliphatic rings. The summed E-state index contributed by atoms with van der Waals surface area (Å²) in [4.78, 5) is 0.0340. The molecule has 0 amide bonds. The first-order valence-electron chi connectivity index (χ1n) is 6.28. The third kappa shape index (κ3) is 2.51. The molecule has 7 heteroatoms. The van der Waals surface area contributed by atoms with Gasteiger partial charge < -0.3 is 5.73 Å². The van der Waals surface area contributed by atoms with Crippen molar-refractivity contribution in [3.8, 4) is 0 Å². The average Bonchev–Trinajstić information content (AvgIpc) is 2.96. The van der Waals surface area contributed by atoms with Crippen LogP contribution < -0.4 is 10.5 Å². The summed E-state index contributed by atoms with van der Waals surface area (Å²) in [5.74, 6) is 0.0828. The van der Waals surface area contributed by atoms with Gasteiger partial charge in [0.15, 0.2) is 0 Å². The van der Waals surface area contributed by atoms with Crippen LogP contribution in [0.1, 0.15) is 39.0 Å². The lowest BCUT2D eigenvalue weighted by Crippen LogP contribution is -2.35. The van der Waals surface area contributed by atoms with Gasteiger partial charge in [-0.25, -0.2) is 13.1 Å². The number of aromatic nitrogens is 2. The highest BCUT2D eigenvalue weighted by Gasteiger charge is 2.33. The molecule has 0 spiro atoms. The maximum absolute atomic E-state index is 12.1. The fraction of sp³-hybridized carbons (Fsp3) is 0.727. The highest BCUT2D eigenvalue weighted by molar-refractivity contribution is 7.89. The van der Waals surface area contributed by atoms with E-state index in [0.717, 1.165) is 19.3 Å². The molecule has 0 unspecified atom stereocenters. The van der Waals surface area contributed by atoms with E-state index in [1.807, 2.05) is 0 Å². The van der Waals surface area contributed by atoms with Crippen LogP contribution in [0.3, 0.4) is 0 Å². The minimum Gasteiger partial charge on any atom is -0.383 e. The zero-order chi connectivity index (χ0) is 13.2. The highest BCUT2D eigenvalue weighted by atomic mass is 32.2. The first kappa shape index (κ1) is 13.4. The Kier molecular flexibility index (Phi) is 3.63. The van der Waals surface area contributed by atoms with Crippen LogP contribution in [-0.2, 0) is 10.0 Å². The van der Waals surface area contributed by atoms with Crippen molar-refractivity contribution in [2.24, 2.45) is 5.41 Å². The Morgan fingerprint density at radius 3 is 2.67 bits per heavy atom. The van der Waals surface area contributed by atoms with Gasteiger partial charge in [0.1, 0.15) is 10.7 Å². The van der Waals surface area contributed by atoms with Gasteiger partial charge in [-0.05, 0) is 24.7 Å². The Morgan fingerprint density at radius 2 is 2.17 bits per heavy atom. The van der Waals surface area contributed by atoms with Gasteiger partial charge in [-0.3, -0.25) is 5.10 Å². The van der Waals surface area contributed by atoms with Crippen molar-refractivity contribution < 1.29 is 8.42 Å². The molecule has 0 bridgehead atoms. The number of aromatic amines is 1. The summed E-state index contributed by atoms with van der Waals surface area (Å²) in [6.45, 7) is 2.60. The largest absolute Gasteiger partial charge is 0.383 e. The molecular weight excluding hydrogens is 252 g/mol. The molecule has 2 rings (SSSR count). The van der Waals surface area contributed by atoms with Crippen LogP contribution in [0.15, 0.2) is 11.1 Å². The number of anilines is 1. The molecule has 4 N–H and O–H groups in total. The molecule has 1 saturated carbocycles. The number of nitrogen functional groups attached to an aromatic ring is 1. The number of nitrogens with two attached hydrogens (primary N) is 1. The second-order valence-electron chi connectivity index (χ2n) is 5.03. The molecule has 0 aromatic carbocycles. The van der Waals surface area contributed by atoms with E-state index < -0.39 is 10.0 Å². The maximum atomic E-state index is 12.1. The van der Waals surface area contributed by atoms with Crippen molar-refractivity contribution in [1.29, 1.82) is 0 Å². The lowest BCUT2D eigenvalue weighted by molar-refractivity contribution is 0.285. The summed E-state index contributed by atoms with van der Waals surface area (Å²) < 4.78 is 26.8. The Labute approximate surface area is 107 Å². The number of rotatable bonds is 5. The number of nitrogens with one attached hydrogen (secondary N) is 2. The van der Waals surface area contributed by atoms with Crippen LogP contribution in [0.2, 0.25) is 0 Å². The predicted molar refractivity (Wildman–Crippen MR) is 69.4 cm³/mol. The van der Waals surface area contributed by atoms with Crippen LogP contribution in [0.4, 0.5) is 5.82 Å². The summed E-state index contributed by atoms with van der Waals surface area (Å²) in [6.07, 6.45) is 6.79. The van der Waals surface area contributed by atoms with Gasteiger partial charge in [0.25, 0.3) is 0 Å². The molecule has 0 atom stereocenters. The minimum absolute atomic E-state index is 0.0340. The third-order valence-electron chi connectivity index (χ3n) is 3.97. The van der Waals surface area contributed by atoms with E-state index in [2.05, 4.69) is 21.8 Å². The molecule has 1 heterocycles. The molecule has 0 saturated heterocycles. The van der Waals surface area contributed by atoms with Crippen molar-refractivity contribution in [3.63, 3.8) is 0 Å². The highest BCUT2D eigenvalue weighted by Crippen LogP contribution is 2.40. The first-order chi connectivity index (χ1) is 8.49. The van der Waals surface area contributed by atoms with Crippen molar-refractivity contribution in [3.05, 3.63) is 6.20 Å².